The molecule has 1 heterocycles. The van der Waals surface area contributed by atoms with Gasteiger partial charge in [-0.05, 0) is 18.6 Å². The fourth-order valence-corrected chi connectivity index (χ4v) is 2.34. The van der Waals surface area contributed by atoms with Crippen molar-refractivity contribution >= 4 is 22.9 Å². The molecule has 0 saturated carbocycles. The summed E-state index contributed by atoms with van der Waals surface area (Å²) in [5.41, 5.74) is 6.87. The van der Waals surface area contributed by atoms with Gasteiger partial charge in [-0.25, -0.2) is 13.8 Å². The lowest BCUT2D eigenvalue weighted by Gasteiger charge is -2.11. The molecule has 3 N–H and O–H groups in total. The molecule has 0 spiro atoms. The van der Waals surface area contributed by atoms with Crippen LogP contribution < -0.4 is 15.8 Å². The number of anilines is 1. The van der Waals surface area contributed by atoms with E-state index in [-0.39, 0.29) is 18.1 Å². The summed E-state index contributed by atoms with van der Waals surface area (Å²) in [5, 5.41) is 4.92. The van der Waals surface area contributed by atoms with Crippen molar-refractivity contribution < 1.29 is 18.3 Å². The van der Waals surface area contributed by atoms with Crippen LogP contribution in [0, 0.1) is 6.92 Å². The van der Waals surface area contributed by atoms with Gasteiger partial charge in [0.1, 0.15) is 23.1 Å². The number of aryl methyl sites for hydroxylation is 1. The van der Waals surface area contributed by atoms with Gasteiger partial charge in [-0.1, -0.05) is 6.07 Å². The molecule has 0 aliphatic heterocycles. The Bertz CT molecular complexity index is 661. The second kappa shape index (κ2) is 7.28. The number of rotatable bonds is 6. The average molecular weight is 327 g/mol. The van der Waals surface area contributed by atoms with Crippen LogP contribution in [-0.2, 0) is 6.54 Å². The second-order valence-electron chi connectivity index (χ2n) is 4.47. The molecule has 118 valence electrons. The Kier molecular flexibility index (Phi) is 5.40. The molecule has 0 unspecified atom stereocenters. The van der Waals surface area contributed by atoms with Crippen molar-refractivity contribution in [3.63, 3.8) is 0 Å². The lowest BCUT2D eigenvalue weighted by molar-refractivity contribution is 0.0815. The van der Waals surface area contributed by atoms with Crippen LogP contribution in [-0.4, -0.2) is 23.9 Å². The number of aromatic nitrogens is 1. The van der Waals surface area contributed by atoms with Gasteiger partial charge < -0.3 is 15.8 Å². The highest BCUT2D eigenvalue weighted by atomic mass is 32.1. The first-order valence-electron chi connectivity index (χ1n) is 6.47. The van der Waals surface area contributed by atoms with Crippen molar-refractivity contribution in [2.24, 2.45) is 5.73 Å². The molecular weight excluding hydrogens is 312 g/mol. The molecule has 0 radical (unpaired) electrons. The van der Waals surface area contributed by atoms with Crippen molar-refractivity contribution in [2.45, 2.75) is 19.9 Å². The molecule has 5 nitrogen and oxygen atoms in total. The van der Waals surface area contributed by atoms with Crippen molar-refractivity contribution in [3.05, 3.63) is 39.8 Å². The lowest BCUT2D eigenvalue weighted by Crippen LogP contribution is -2.13. The highest BCUT2D eigenvalue weighted by Crippen LogP contribution is 2.23. The molecule has 0 aliphatic rings. The largest absolute Gasteiger partial charge is 0.487 e. The van der Waals surface area contributed by atoms with E-state index in [2.05, 4.69) is 10.3 Å². The van der Waals surface area contributed by atoms with Gasteiger partial charge in [-0.15, -0.1) is 11.3 Å². The minimum Gasteiger partial charge on any atom is -0.487 e. The Morgan fingerprint density at radius 2 is 2.27 bits per heavy atom. The first kappa shape index (κ1) is 16.3. The lowest BCUT2D eigenvalue weighted by atomic mass is 10.2. The highest BCUT2D eigenvalue weighted by Gasteiger charge is 2.12. The SMILES string of the molecule is Cc1ccc(NC(=O)c2csc(CN)n2)cc1OCC(F)F. The molecular formula is C14H15F2N3O2S. The normalized spacial score (nSPS) is 10.8. The molecule has 22 heavy (non-hydrogen) atoms. The summed E-state index contributed by atoms with van der Waals surface area (Å²) in [4.78, 5) is 16.1. The molecule has 1 aromatic carbocycles. The molecule has 2 rings (SSSR count). The fraction of sp³-hybridized carbons (Fsp3) is 0.286. The van der Waals surface area contributed by atoms with Crippen molar-refractivity contribution in [3.8, 4) is 5.75 Å². The summed E-state index contributed by atoms with van der Waals surface area (Å²) in [5.74, 6) is -0.0846. The van der Waals surface area contributed by atoms with E-state index < -0.39 is 13.0 Å². The summed E-state index contributed by atoms with van der Waals surface area (Å²) in [6, 6.07) is 4.85. The number of nitrogens with zero attached hydrogens (tertiary/aromatic N) is 1. The number of amides is 1. The summed E-state index contributed by atoms with van der Waals surface area (Å²) in [7, 11) is 0. The Labute approximate surface area is 130 Å². The third-order valence-electron chi connectivity index (χ3n) is 2.77. The minimum atomic E-state index is -2.55. The molecule has 1 amide bonds. The predicted octanol–water partition coefficient (Wildman–Crippen LogP) is 2.81. The van der Waals surface area contributed by atoms with E-state index in [0.29, 0.717) is 22.0 Å². The summed E-state index contributed by atoms with van der Waals surface area (Å²) in [6.45, 7) is 1.32. The number of thiazole rings is 1. The zero-order valence-corrected chi connectivity index (χ0v) is 12.6. The van der Waals surface area contributed by atoms with Crippen LogP contribution in [0.15, 0.2) is 23.6 Å². The fourth-order valence-electron chi connectivity index (χ4n) is 1.69. The summed E-state index contributed by atoms with van der Waals surface area (Å²) < 4.78 is 29.4. The van der Waals surface area contributed by atoms with Crippen LogP contribution in [0.1, 0.15) is 21.1 Å². The Balaban J connectivity index is 2.08. The van der Waals surface area contributed by atoms with Crippen molar-refractivity contribution in [2.75, 3.05) is 11.9 Å². The van der Waals surface area contributed by atoms with Crippen LogP contribution in [0.3, 0.4) is 0 Å². The van der Waals surface area contributed by atoms with Gasteiger partial charge in [0.15, 0.2) is 0 Å². The number of carbonyl (C=O) groups excluding carboxylic acids is 1. The quantitative estimate of drug-likeness (QED) is 0.855. The predicted molar refractivity (Wildman–Crippen MR) is 80.6 cm³/mol. The molecule has 0 aliphatic carbocycles. The number of hydrogen-bond acceptors (Lipinski definition) is 5. The van der Waals surface area contributed by atoms with Gasteiger partial charge in [0.25, 0.3) is 12.3 Å². The van der Waals surface area contributed by atoms with E-state index in [0.717, 1.165) is 0 Å². The number of nitrogens with two attached hydrogens (primary N) is 1. The Morgan fingerprint density at radius 1 is 1.50 bits per heavy atom. The van der Waals surface area contributed by atoms with Crippen LogP contribution in [0.5, 0.6) is 5.75 Å². The number of hydrogen-bond donors (Lipinski definition) is 2. The van der Waals surface area contributed by atoms with E-state index in [9.17, 15) is 13.6 Å². The van der Waals surface area contributed by atoms with Crippen LogP contribution >= 0.6 is 11.3 Å². The topological polar surface area (TPSA) is 77.2 Å². The second-order valence-corrected chi connectivity index (χ2v) is 5.41. The van der Waals surface area contributed by atoms with Gasteiger partial charge in [-0.2, -0.15) is 0 Å². The molecule has 8 heteroatoms. The van der Waals surface area contributed by atoms with E-state index >= 15 is 0 Å². The van der Waals surface area contributed by atoms with Gasteiger partial charge in [0.05, 0.1) is 0 Å². The molecule has 2 aromatic rings. The van der Waals surface area contributed by atoms with Gasteiger partial charge >= 0.3 is 0 Å². The number of carbonyl (C=O) groups is 1. The average Bonchev–Trinajstić information content (AvgIpc) is 2.96. The number of ether oxygens (including phenoxy) is 1. The smallest absolute Gasteiger partial charge is 0.275 e. The minimum absolute atomic E-state index is 0.265. The molecule has 1 aromatic heterocycles. The number of alkyl halides is 2. The number of nitrogens with one attached hydrogen (secondary N) is 1. The zero-order chi connectivity index (χ0) is 16.1. The molecule has 0 atom stereocenters. The maximum absolute atomic E-state index is 12.2. The molecule has 0 fully saturated rings. The maximum Gasteiger partial charge on any atom is 0.275 e. The summed E-state index contributed by atoms with van der Waals surface area (Å²) >= 11 is 1.30. The third-order valence-corrected chi connectivity index (χ3v) is 3.64. The van der Waals surface area contributed by atoms with Gasteiger partial charge in [0.2, 0.25) is 0 Å². The summed E-state index contributed by atoms with van der Waals surface area (Å²) in [6.07, 6.45) is -2.55. The first-order valence-corrected chi connectivity index (χ1v) is 7.35. The van der Waals surface area contributed by atoms with Crippen molar-refractivity contribution in [1.29, 1.82) is 0 Å². The van der Waals surface area contributed by atoms with Gasteiger partial charge in [0, 0.05) is 23.7 Å². The van der Waals surface area contributed by atoms with Crippen molar-refractivity contribution in [1.82, 2.24) is 4.98 Å². The highest BCUT2D eigenvalue weighted by molar-refractivity contribution is 7.09. The van der Waals surface area contributed by atoms with Crippen LogP contribution in [0.4, 0.5) is 14.5 Å². The van der Waals surface area contributed by atoms with E-state index in [1.165, 1.54) is 17.4 Å². The monoisotopic (exact) mass is 327 g/mol. The van der Waals surface area contributed by atoms with Crippen LogP contribution in [0.2, 0.25) is 0 Å². The van der Waals surface area contributed by atoms with Gasteiger partial charge in [-0.3, -0.25) is 4.79 Å². The van der Waals surface area contributed by atoms with Crippen LogP contribution in [0.25, 0.3) is 0 Å². The number of benzene rings is 1. The third kappa shape index (κ3) is 4.22. The maximum atomic E-state index is 12.2. The standard InChI is InChI=1S/C14H15F2N3O2S/c1-8-2-3-9(4-11(8)21-6-12(15)16)18-14(20)10-7-22-13(5-17)19-10/h2-4,7,12H,5-6,17H2,1H3,(H,18,20). The Morgan fingerprint density at radius 3 is 2.91 bits per heavy atom. The van der Waals surface area contributed by atoms with E-state index in [4.69, 9.17) is 10.5 Å². The zero-order valence-electron chi connectivity index (χ0n) is 11.8. The van der Waals surface area contributed by atoms with E-state index in [1.807, 2.05) is 0 Å². The number of halogens is 2. The Hall–Kier alpha value is -2.06. The van der Waals surface area contributed by atoms with E-state index in [1.54, 1.807) is 24.4 Å². The first-order chi connectivity index (χ1) is 10.5. The molecule has 0 bridgehead atoms. The molecule has 0 saturated heterocycles.